The van der Waals surface area contributed by atoms with E-state index in [9.17, 15) is 22.8 Å². The normalized spacial score (nSPS) is 11.8. The van der Waals surface area contributed by atoms with Crippen LogP contribution in [0.25, 0.3) is 15.2 Å². The lowest BCUT2D eigenvalue weighted by Gasteiger charge is -2.09. The minimum Gasteiger partial charge on any atom is -0.456 e. The number of hydrogen-bond donors (Lipinski definition) is 0. The van der Waals surface area contributed by atoms with Gasteiger partial charge in [0.2, 0.25) is 0 Å². The van der Waals surface area contributed by atoms with E-state index in [-0.39, 0.29) is 23.4 Å². The van der Waals surface area contributed by atoms with Gasteiger partial charge in [0.1, 0.15) is 6.61 Å². The lowest BCUT2D eigenvalue weighted by Crippen LogP contribution is -2.15. The fourth-order valence-corrected chi connectivity index (χ4v) is 3.79. The molecular formula is C19H11F3N2O3S. The molecular weight excluding hydrogens is 393 g/mol. The van der Waals surface area contributed by atoms with Gasteiger partial charge in [-0.1, -0.05) is 29.5 Å². The van der Waals surface area contributed by atoms with Crippen molar-refractivity contribution in [2.45, 2.75) is 12.8 Å². The Balaban J connectivity index is 1.58. The van der Waals surface area contributed by atoms with Crippen LogP contribution in [-0.2, 0) is 17.5 Å². The summed E-state index contributed by atoms with van der Waals surface area (Å²) in [7, 11) is 0. The van der Waals surface area contributed by atoms with Crippen molar-refractivity contribution in [3.8, 4) is 0 Å². The van der Waals surface area contributed by atoms with E-state index in [1.165, 1.54) is 27.9 Å². The van der Waals surface area contributed by atoms with E-state index in [1.807, 2.05) is 18.2 Å². The highest BCUT2D eigenvalue weighted by Crippen LogP contribution is 2.29. The van der Waals surface area contributed by atoms with Crippen molar-refractivity contribution in [1.29, 1.82) is 0 Å². The van der Waals surface area contributed by atoms with Crippen LogP contribution in [-0.4, -0.2) is 15.4 Å². The van der Waals surface area contributed by atoms with Crippen molar-refractivity contribution in [3.05, 3.63) is 81.8 Å². The van der Waals surface area contributed by atoms with Gasteiger partial charge >= 0.3 is 12.1 Å². The van der Waals surface area contributed by atoms with Crippen molar-refractivity contribution < 1.29 is 22.7 Å². The van der Waals surface area contributed by atoms with E-state index < -0.39 is 17.7 Å². The predicted molar refractivity (Wildman–Crippen MR) is 97.4 cm³/mol. The zero-order valence-corrected chi connectivity index (χ0v) is 14.9. The van der Waals surface area contributed by atoms with E-state index in [0.717, 1.165) is 28.4 Å². The van der Waals surface area contributed by atoms with Crippen molar-refractivity contribution in [2.24, 2.45) is 0 Å². The predicted octanol–water partition coefficient (Wildman–Crippen LogP) is 4.29. The van der Waals surface area contributed by atoms with Gasteiger partial charge in [-0.15, -0.1) is 0 Å². The maximum absolute atomic E-state index is 12.8. The van der Waals surface area contributed by atoms with Crippen LogP contribution in [0.5, 0.6) is 0 Å². The second-order valence-electron chi connectivity index (χ2n) is 5.93. The number of para-hydroxylation sites is 1. The fourth-order valence-electron chi connectivity index (χ4n) is 2.74. The Labute approximate surface area is 159 Å². The molecule has 9 heteroatoms. The summed E-state index contributed by atoms with van der Waals surface area (Å²) in [6.07, 6.45) is -4.56. The molecule has 4 aromatic rings. The summed E-state index contributed by atoms with van der Waals surface area (Å²) in [6, 6.07) is 12.5. The van der Waals surface area contributed by atoms with Gasteiger partial charge < -0.3 is 4.74 Å². The lowest BCUT2D eigenvalue weighted by molar-refractivity contribution is -0.137. The highest BCUT2D eigenvalue weighted by molar-refractivity contribution is 7.23. The third-order valence-electron chi connectivity index (χ3n) is 4.03. The maximum Gasteiger partial charge on any atom is 0.416 e. The largest absolute Gasteiger partial charge is 0.456 e. The molecule has 0 aliphatic rings. The van der Waals surface area contributed by atoms with Crippen molar-refractivity contribution in [2.75, 3.05) is 0 Å². The second kappa shape index (κ2) is 6.75. The van der Waals surface area contributed by atoms with Crippen LogP contribution < -0.4 is 5.56 Å². The lowest BCUT2D eigenvalue weighted by atomic mass is 10.1. The molecule has 2 heterocycles. The summed E-state index contributed by atoms with van der Waals surface area (Å²) in [6.45, 7) is -0.324. The number of alkyl halides is 3. The van der Waals surface area contributed by atoms with Crippen LogP contribution in [0.4, 0.5) is 13.2 Å². The van der Waals surface area contributed by atoms with E-state index in [2.05, 4.69) is 4.98 Å². The Morgan fingerprint density at radius 3 is 2.68 bits per heavy atom. The summed E-state index contributed by atoms with van der Waals surface area (Å²) in [5.74, 6) is -0.926. The number of carbonyl (C=O) groups is 1. The van der Waals surface area contributed by atoms with E-state index in [4.69, 9.17) is 4.74 Å². The smallest absolute Gasteiger partial charge is 0.416 e. The number of halogens is 3. The molecule has 0 N–H and O–H groups in total. The number of hydrogen-bond acceptors (Lipinski definition) is 5. The molecule has 0 unspecified atom stereocenters. The van der Waals surface area contributed by atoms with Gasteiger partial charge in [-0.2, -0.15) is 13.2 Å². The average molecular weight is 404 g/mol. The number of aromatic nitrogens is 2. The summed E-state index contributed by atoms with van der Waals surface area (Å²) in [5, 5.41) is 0. The third kappa shape index (κ3) is 3.36. The summed E-state index contributed by atoms with van der Waals surface area (Å²) < 4.78 is 45.7. The van der Waals surface area contributed by atoms with Gasteiger partial charge in [-0.25, -0.2) is 9.78 Å². The first-order valence-corrected chi connectivity index (χ1v) is 8.89. The maximum atomic E-state index is 12.8. The van der Waals surface area contributed by atoms with Crippen LogP contribution in [0.1, 0.15) is 21.6 Å². The zero-order chi connectivity index (χ0) is 19.9. The van der Waals surface area contributed by atoms with Crippen molar-refractivity contribution in [1.82, 2.24) is 9.38 Å². The minimum atomic E-state index is -4.56. The third-order valence-corrected chi connectivity index (χ3v) is 5.05. The minimum absolute atomic E-state index is 0.219. The molecule has 0 saturated heterocycles. The summed E-state index contributed by atoms with van der Waals surface area (Å²) in [5.41, 5.74) is -0.545. The number of thiazole rings is 1. The zero-order valence-electron chi connectivity index (χ0n) is 14.1. The first-order valence-electron chi connectivity index (χ1n) is 8.07. The van der Waals surface area contributed by atoms with E-state index >= 15 is 0 Å². The van der Waals surface area contributed by atoms with Gasteiger partial charge in [-0.3, -0.25) is 9.20 Å². The quantitative estimate of drug-likeness (QED) is 0.478. The fraction of sp³-hybridized carbons (Fsp3) is 0.105. The number of carbonyl (C=O) groups excluding carboxylic acids is 1. The second-order valence-corrected chi connectivity index (χ2v) is 6.94. The van der Waals surface area contributed by atoms with Crippen LogP contribution in [0.2, 0.25) is 0 Å². The number of benzene rings is 2. The Hall–Kier alpha value is -3.20. The molecule has 2 aromatic carbocycles. The average Bonchev–Trinajstić information content (AvgIpc) is 3.04. The number of nitrogens with zero attached hydrogens (tertiary/aromatic N) is 2. The molecule has 0 bridgehead atoms. The molecule has 0 radical (unpaired) electrons. The molecule has 0 spiro atoms. The Morgan fingerprint density at radius 1 is 1.11 bits per heavy atom. The molecule has 4 rings (SSSR count). The van der Waals surface area contributed by atoms with Gasteiger partial charge in [0.15, 0.2) is 4.96 Å². The number of fused-ring (bicyclic) bond motifs is 3. The first-order chi connectivity index (χ1) is 13.3. The van der Waals surface area contributed by atoms with Crippen LogP contribution >= 0.6 is 11.3 Å². The first kappa shape index (κ1) is 18.2. The molecule has 0 amide bonds. The highest BCUT2D eigenvalue weighted by atomic mass is 32.1. The topological polar surface area (TPSA) is 60.7 Å². The molecule has 0 aliphatic carbocycles. The summed E-state index contributed by atoms with van der Waals surface area (Å²) in [4.78, 5) is 29.3. The SMILES string of the molecule is O=C(OCc1cc(=O)n2c(n1)sc1ccccc12)c1cccc(C(F)(F)F)c1. The molecule has 2 aromatic heterocycles. The summed E-state index contributed by atoms with van der Waals surface area (Å²) >= 11 is 1.31. The van der Waals surface area contributed by atoms with E-state index in [0.29, 0.717) is 4.96 Å². The molecule has 0 fully saturated rings. The number of rotatable bonds is 3. The van der Waals surface area contributed by atoms with Crippen LogP contribution in [0.15, 0.2) is 59.4 Å². The molecule has 0 aliphatic heterocycles. The van der Waals surface area contributed by atoms with Crippen molar-refractivity contribution >= 4 is 32.5 Å². The Kier molecular flexibility index (Phi) is 4.38. The molecule has 142 valence electrons. The van der Waals surface area contributed by atoms with Gasteiger partial charge in [-0.05, 0) is 30.3 Å². The van der Waals surface area contributed by atoms with Crippen LogP contribution in [0.3, 0.4) is 0 Å². The number of esters is 1. The molecule has 0 atom stereocenters. The highest BCUT2D eigenvalue weighted by Gasteiger charge is 2.31. The van der Waals surface area contributed by atoms with Crippen molar-refractivity contribution in [3.63, 3.8) is 0 Å². The van der Waals surface area contributed by atoms with E-state index in [1.54, 1.807) is 6.07 Å². The van der Waals surface area contributed by atoms with Gasteiger partial charge in [0.25, 0.3) is 5.56 Å². The van der Waals surface area contributed by atoms with Gasteiger partial charge in [0.05, 0.1) is 27.0 Å². The standard InChI is InChI=1S/C19H11F3N2O3S/c20-19(21,22)12-5-3-4-11(8-12)17(26)27-10-13-9-16(25)24-14-6-1-2-7-15(14)28-18(24)23-13/h1-9H,10H2. The monoisotopic (exact) mass is 404 g/mol. The Bertz CT molecular complexity index is 1260. The number of ether oxygens (including phenoxy) is 1. The van der Waals surface area contributed by atoms with Gasteiger partial charge in [0, 0.05) is 6.07 Å². The molecule has 5 nitrogen and oxygen atoms in total. The Morgan fingerprint density at radius 2 is 1.89 bits per heavy atom. The van der Waals surface area contributed by atoms with Crippen LogP contribution in [0, 0.1) is 0 Å². The molecule has 28 heavy (non-hydrogen) atoms. The molecule has 0 saturated carbocycles.